The first-order valence-corrected chi connectivity index (χ1v) is 8.55. The van der Waals surface area contributed by atoms with Crippen LogP contribution in [0.25, 0.3) is 0 Å². The van der Waals surface area contributed by atoms with Gasteiger partial charge in [0.25, 0.3) is 0 Å². The van der Waals surface area contributed by atoms with Crippen molar-refractivity contribution in [3.8, 4) is 0 Å². The molecule has 1 saturated carbocycles. The molecular weight excluding hydrogens is 284 g/mol. The first-order chi connectivity index (χ1) is 10.3. The summed E-state index contributed by atoms with van der Waals surface area (Å²) in [7, 11) is 0. The van der Waals surface area contributed by atoms with Gasteiger partial charge >= 0.3 is 0 Å². The molecule has 0 aromatic heterocycles. The maximum absolute atomic E-state index is 9.75. The summed E-state index contributed by atoms with van der Waals surface area (Å²) in [4.78, 5) is 2.38. The molecule has 4 heteroatoms. The van der Waals surface area contributed by atoms with Crippen LogP contribution >= 0.6 is 11.6 Å². The van der Waals surface area contributed by atoms with Crippen molar-refractivity contribution in [1.29, 1.82) is 0 Å². The van der Waals surface area contributed by atoms with Crippen molar-refractivity contribution in [3.05, 3.63) is 28.8 Å². The van der Waals surface area contributed by atoms with Gasteiger partial charge in [-0.3, -0.25) is 0 Å². The Kier molecular flexibility index (Phi) is 5.04. The summed E-state index contributed by atoms with van der Waals surface area (Å²) in [5.74, 6) is 0. The van der Waals surface area contributed by atoms with E-state index in [1.165, 1.54) is 43.4 Å². The van der Waals surface area contributed by atoms with Crippen LogP contribution in [-0.4, -0.2) is 30.3 Å². The van der Waals surface area contributed by atoms with Gasteiger partial charge in [-0.1, -0.05) is 30.5 Å². The van der Waals surface area contributed by atoms with Gasteiger partial charge in [-0.15, -0.1) is 0 Å². The van der Waals surface area contributed by atoms with E-state index in [1.54, 1.807) is 0 Å². The van der Waals surface area contributed by atoms with Crippen molar-refractivity contribution in [1.82, 2.24) is 5.32 Å². The molecule has 21 heavy (non-hydrogen) atoms. The second kappa shape index (κ2) is 6.99. The number of anilines is 1. The predicted octanol–water partition coefficient (Wildman–Crippen LogP) is 3.33. The topological polar surface area (TPSA) is 35.5 Å². The molecule has 1 atom stereocenters. The highest BCUT2D eigenvalue weighted by Crippen LogP contribution is 2.31. The second-order valence-electron chi connectivity index (χ2n) is 6.31. The van der Waals surface area contributed by atoms with Crippen LogP contribution in [0.15, 0.2) is 18.2 Å². The molecule has 1 aliphatic carbocycles. The van der Waals surface area contributed by atoms with E-state index in [1.807, 2.05) is 6.07 Å². The SMILES string of the molecule is OCC1CCCCCN1c1cc(Cl)ccc1CNC1CC1. The molecule has 1 heterocycles. The molecule has 1 unspecified atom stereocenters. The lowest BCUT2D eigenvalue weighted by Crippen LogP contribution is -2.38. The van der Waals surface area contributed by atoms with Gasteiger partial charge in [-0.2, -0.15) is 0 Å². The maximum atomic E-state index is 9.75. The molecule has 1 saturated heterocycles. The number of rotatable bonds is 5. The molecule has 2 fully saturated rings. The van der Waals surface area contributed by atoms with E-state index < -0.39 is 0 Å². The zero-order chi connectivity index (χ0) is 14.7. The van der Waals surface area contributed by atoms with E-state index in [4.69, 9.17) is 11.6 Å². The Morgan fingerprint density at radius 3 is 2.81 bits per heavy atom. The molecule has 2 aliphatic rings. The Balaban J connectivity index is 1.83. The predicted molar refractivity (Wildman–Crippen MR) is 88.0 cm³/mol. The van der Waals surface area contributed by atoms with Crippen LogP contribution < -0.4 is 10.2 Å². The van der Waals surface area contributed by atoms with Crippen molar-refractivity contribution >= 4 is 17.3 Å². The number of nitrogens with zero attached hydrogens (tertiary/aromatic N) is 1. The van der Waals surface area contributed by atoms with E-state index in [0.717, 1.165) is 24.5 Å². The first-order valence-electron chi connectivity index (χ1n) is 8.17. The molecule has 0 bridgehead atoms. The van der Waals surface area contributed by atoms with E-state index in [9.17, 15) is 5.11 Å². The summed E-state index contributed by atoms with van der Waals surface area (Å²) < 4.78 is 0. The van der Waals surface area contributed by atoms with Crippen molar-refractivity contribution in [2.75, 3.05) is 18.1 Å². The minimum atomic E-state index is 0.224. The van der Waals surface area contributed by atoms with Crippen molar-refractivity contribution < 1.29 is 5.11 Å². The molecule has 0 amide bonds. The molecule has 116 valence electrons. The molecule has 3 nitrogen and oxygen atoms in total. The average molecular weight is 309 g/mol. The Morgan fingerprint density at radius 1 is 1.19 bits per heavy atom. The summed E-state index contributed by atoms with van der Waals surface area (Å²) in [6.07, 6.45) is 7.32. The number of hydrogen-bond acceptors (Lipinski definition) is 3. The second-order valence-corrected chi connectivity index (χ2v) is 6.74. The zero-order valence-electron chi connectivity index (χ0n) is 12.5. The first kappa shape index (κ1) is 15.1. The number of halogens is 1. The quantitative estimate of drug-likeness (QED) is 0.876. The van der Waals surface area contributed by atoms with E-state index in [2.05, 4.69) is 22.3 Å². The summed E-state index contributed by atoms with van der Waals surface area (Å²) >= 11 is 6.23. The van der Waals surface area contributed by atoms with Crippen LogP contribution in [0, 0.1) is 0 Å². The van der Waals surface area contributed by atoms with E-state index >= 15 is 0 Å². The van der Waals surface area contributed by atoms with Gasteiger partial charge in [0, 0.05) is 29.8 Å². The molecule has 1 aliphatic heterocycles. The minimum absolute atomic E-state index is 0.224. The van der Waals surface area contributed by atoms with Gasteiger partial charge in [0.05, 0.1) is 12.6 Å². The van der Waals surface area contributed by atoms with E-state index in [-0.39, 0.29) is 12.6 Å². The third kappa shape index (κ3) is 3.91. The maximum Gasteiger partial charge on any atom is 0.0635 e. The zero-order valence-corrected chi connectivity index (χ0v) is 13.3. The van der Waals surface area contributed by atoms with Crippen LogP contribution in [0.3, 0.4) is 0 Å². The lowest BCUT2D eigenvalue weighted by atomic mass is 10.1. The van der Waals surface area contributed by atoms with Gasteiger partial charge in [-0.25, -0.2) is 0 Å². The highest BCUT2D eigenvalue weighted by atomic mass is 35.5. The van der Waals surface area contributed by atoms with Crippen molar-refractivity contribution in [2.45, 2.75) is 57.2 Å². The third-order valence-corrected chi connectivity index (χ3v) is 4.84. The Bertz CT molecular complexity index is 476. The minimum Gasteiger partial charge on any atom is -0.394 e. The molecule has 1 aromatic carbocycles. The number of hydrogen-bond donors (Lipinski definition) is 2. The van der Waals surface area contributed by atoms with Crippen LogP contribution in [0.4, 0.5) is 5.69 Å². The lowest BCUT2D eigenvalue weighted by Gasteiger charge is -2.33. The van der Waals surface area contributed by atoms with E-state index in [0.29, 0.717) is 6.04 Å². The number of aliphatic hydroxyl groups is 1. The van der Waals surface area contributed by atoms with Gasteiger partial charge < -0.3 is 15.3 Å². The van der Waals surface area contributed by atoms with Gasteiger partial charge in [0.15, 0.2) is 0 Å². The average Bonchev–Trinajstić information content (AvgIpc) is 3.32. The van der Waals surface area contributed by atoms with Crippen LogP contribution in [0.5, 0.6) is 0 Å². The van der Waals surface area contributed by atoms with Gasteiger partial charge in [0.2, 0.25) is 0 Å². The van der Waals surface area contributed by atoms with Crippen LogP contribution in [-0.2, 0) is 6.54 Å². The smallest absolute Gasteiger partial charge is 0.0635 e. The largest absolute Gasteiger partial charge is 0.394 e. The lowest BCUT2D eigenvalue weighted by molar-refractivity contribution is 0.255. The fraction of sp³-hybridized carbons (Fsp3) is 0.647. The molecule has 1 aromatic rings. The molecule has 3 rings (SSSR count). The fourth-order valence-corrected chi connectivity index (χ4v) is 3.35. The van der Waals surface area contributed by atoms with Crippen molar-refractivity contribution in [3.63, 3.8) is 0 Å². The monoisotopic (exact) mass is 308 g/mol. The fourth-order valence-electron chi connectivity index (χ4n) is 3.18. The Hall–Kier alpha value is -0.770. The molecule has 2 N–H and O–H groups in total. The van der Waals surface area contributed by atoms with Crippen molar-refractivity contribution in [2.24, 2.45) is 0 Å². The number of nitrogens with one attached hydrogen (secondary N) is 1. The molecular formula is C17H25ClN2O. The number of aliphatic hydroxyl groups excluding tert-OH is 1. The van der Waals surface area contributed by atoms with Gasteiger partial charge in [-0.05, 0) is 43.4 Å². The van der Waals surface area contributed by atoms with Gasteiger partial charge in [0.1, 0.15) is 0 Å². The summed E-state index contributed by atoms with van der Waals surface area (Å²) in [6.45, 7) is 2.13. The highest BCUT2D eigenvalue weighted by Gasteiger charge is 2.24. The summed E-state index contributed by atoms with van der Waals surface area (Å²) in [5, 5.41) is 14.1. The summed E-state index contributed by atoms with van der Waals surface area (Å²) in [6, 6.07) is 7.10. The molecule has 0 radical (unpaired) electrons. The third-order valence-electron chi connectivity index (χ3n) is 4.60. The Labute approximate surface area is 132 Å². The van der Waals surface area contributed by atoms with Crippen LogP contribution in [0.1, 0.15) is 44.1 Å². The Morgan fingerprint density at radius 2 is 2.05 bits per heavy atom. The van der Waals surface area contributed by atoms with Crippen LogP contribution in [0.2, 0.25) is 5.02 Å². The number of benzene rings is 1. The normalized spacial score (nSPS) is 23.1. The molecule has 0 spiro atoms. The standard InChI is InChI=1S/C17H25ClN2O/c18-14-6-5-13(11-19-15-7-8-15)17(10-14)20-9-3-1-2-4-16(20)12-21/h5-6,10,15-16,19,21H,1-4,7-9,11-12H2. The highest BCUT2D eigenvalue weighted by molar-refractivity contribution is 6.30. The summed E-state index contributed by atoms with van der Waals surface area (Å²) in [5.41, 5.74) is 2.50.